The van der Waals surface area contributed by atoms with Gasteiger partial charge >= 0.3 is 18.0 Å². The molecule has 1 aromatic rings. The van der Waals surface area contributed by atoms with Gasteiger partial charge in [0.2, 0.25) is 0 Å². The molecule has 0 spiro atoms. The van der Waals surface area contributed by atoms with Crippen LogP contribution in [0.1, 0.15) is 73.3 Å². The number of esters is 2. The van der Waals surface area contributed by atoms with Gasteiger partial charge in [0.1, 0.15) is 35.6 Å². The predicted octanol–water partition coefficient (Wildman–Crippen LogP) is 5.64. The molecule has 2 bridgehead atoms. The van der Waals surface area contributed by atoms with Gasteiger partial charge in [0.25, 0.3) is 0 Å². The highest BCUT2D eigenvalue weighted by Gasteiger charge is 2.72. The Morgan fingerprint density at radius 3 is 2.42 bits per heavy atom. The first-order chi connectivity index (χ1) is 18.7. The Bertz CT molecular complexity index is 1130. The Hall–Kier alpha value is -2.87. The Morgan fingerprint density at radius 1 is 1.12 bits per heavy atom. The van der Waals surface area contributed by atoms with Crippen molar-refractivity contribution in [3.63, 3.8) is 0 Å². The smallest absolute Gasteiger partial charge is 0.410 e. The third-order valence-electron chi connectivity index (χ3n) is 8.95. The van der Waals surface area contributed by atoms with Crippen molar-refractivity contribution in [2.24, 2.45) is 23.7 Å². The number of amides is 1. The largest absolute Gasteiger partial charge is 0.458 e. The van der Waals surface area contributed by atoms with Crippen LogP contribution in [0.2, 0.25) is 0 Å². The highest BCUT2D eigenvalue weighted by Crippen LogP contribution is 2.63. The molecule has 8 heteroatoms. The summed E-state index contributed by atoms with van der Waals surface area (Å²) in [6.07, 6.45) is 3.95. The van der Waals surface area contributed by atoms with E-state index in [0.717, 1.165) is 18.4 Å². The summed E-state index contributed by atoms with van der Waals surface area (Å²) in [6, 6.07) is 9.63. The lowest BCUT2D eigenvalue weighted by Crippen LogP contribution is -2.62. The minimum atomic E-state index is -0.799. The molecule has 3 aliphatic rings. The third kappa shape index (κ3) is 5.92. The number of likely N-dealkylation sites (N-methyl/N-ethyl adjacent to an activating group) is 1. The van der Waals surface area contributed by atoms with Gasteiger partial charge in [0, 0.05) is 25.5 Å². The molecule has 0 aromatic heterocycles. The summed E-state index contributed by atoms with van der Waals surface area (Å²) in [5.41, 5.74) is -1.27. The molecule has 8 nitrogen and oxygen atoms in total. The SMILES string of the molecule is CC(C)[C@@]12C[C@@H](OC(=O)CN(C)C(=O)OC(C)(C)C)C(C)(O1)[C@@H]1CC[C@@H](C)[C@H]1[C@@H]2OC(=O)C=Cc1ccccc1. The number of hydrogen-bond acceptors (Lipinski definition) is 7. The van der Waals surface area contributed by atoms with Crippen molar-refractivity contribution in [1.82, 2.24) is 4.90 Å². The first-order valence-corrected chi connectivity index (χ1v) is 14.4. The number of hydrogen-bond donors (Lipinski definition) is 0. The normalized spacial score (nSPS) is 33.1. The minimum absolute atomic E-state index is 0.00427. The van der Waals surface area contributed by atoms with Gasteiger partial charge < -0.3 is 23.8 Å². The van der Waals surface area contributed by atoms with E-state index in [1.165, 1.54) is 18.0 Å². The van der Waals surface area contributed by atoms with Crippen LogP contribution in [-0.4, -0.2) is 65.5 Å². The van der Waals surface area contributed by atoms with Gasteiger partial charge in [-0.15, -0.1) is 0 Å². The highest BCUT2D eigenvalue weighted by atomic mass is 16.6. The van der Waals surface area contributed by atoms with Crippen molar-refractivity contribution in [3.8, 4) is 0 Å². The van der Waals surface area contributed by atoms with E-state index in [1.807, 2.05) is 37.3 Å². The maximum Gasteiger partial charge on any atom is 0.410 e. The van der Waals surface area contributed by atoms with Gasteiger partial charge in [-0.2, -0.15) is 0 Å². The molecule has 1 saturated carbocycles. The fraction of sp³-hybridized carbons (Fsp3) is 0.656. The minimum Gasteiger partial charge on any atom is -0.458 e. The molecule has 40 heavy (non-hydrogen) atoms. The Balaban J connectivity index is 1.55. The summed E-state index contributed by atoms with van der Waals surface area (Å²) in [5.74, 6) is -0.438. The molecule has 2 heterocycles. The van der Waals surface area contributed by atoms with Crippen LogP contribution in [0.3, 0.4) is 0 Å². The molecule has 1 aromatic carbocycles. The van der Waals surface area contributed by atoms with Gasteiger partial charge in [0.05, 0.1) is 0 Å². The van der Waals surface area contributed by atoms with E-state index < -0.39 is 47.0 Å². The lowest BCUT2D eigenvalue weighted by atomic mass is 9.69. The molecule has 2 saturated heterocycles. The van der Waals surface area contributed by atoms with E-state index in [4.69, 9.17) is 18.9 Å². The summed E-state index contributed by atoms with van der Waals surface area (Å²) in [7, 11) is 1.52. The molecule has 220 valence electrons. The predicted molar refractivity (Wildman–Crippen MR) is 151 cm³/mol. The summed E-state index contributed by atoms with van der Waals surface area (Å²) in [5, 5.41) is 0. The fourth-order valence-corrected chi connectivity index (χ4v) is 6.93. The van der Waals surface area contributed by atoms with E-state index in [-0.39, 0.29) is 24.3 Å². The second-order valence-corrected chi connectivity index (χ2v) is 13.3. The van der Waals surface area contributed by atoms with Crippen LogP contribution in [0.15, 0.2) is 36.4 Å². The molecule has 7 atom stereocenters. The molecule has 1 aliphatic carbocycles. The molecule has 0 radical (unpaired) electrons. The number of rotatable bonds is 7. The van der Waals surface area contributed by atoms with Crippen molar-refractivity contribution in [3.05, 3.63) is 42.0 Å². The highest BCUT2D eigenvalue weighted by molar-refractivity contribution is 5.87. The average molecular weight is 556 g/mol. The Kier molecular flexibility index (Phi) is 8.42. The lowest BCUT2D eigenvalue weighted by molar-refractivity contribution is -0.264. The van der Waals surface area contributed by atoms with E-state index in [0.29, 0.717) is 12.3 Å². The number of nitrogens with zero attached hydrogens (tertiary/aromatic N) is 1. The summed E-state index contributed by atoms with van der Waals surface area (Å²) in [6.45, 7) is 13.5. The van der Waals surface area contributed by atoms with Crippen LogP contribution in [-0.2, 0) is 28.5 Å². The zero-order valence-corrected chi connectivity index (χ0v) is 25.1. The number of benzene rings is 1. The number of carbonyl (C=O) groups is 3. The zero-order chi connectivity index (χ0) is 29.5. The first kappa shape index (κ1) is 30.1. The molecular weight excluding hydrogens is 510 g/mol. The zero-order valence-electron chi connectivity index (χ0n) is 25.1. The summed E-state index contributed by atoms with van der Waals surface area (Å²) < 4.78 is 24.7. The fourth-order valence-electron chi connectivity index (χ4n) is 6.93. The van der Waals surface area contributed by atoms with Crippen LogP contribution >= 0.6 is 0 Å². The van der Waals surface area contributed by atoms with Crippen molar-refractivity contribution >= 4 is 24.1 Å². The second kappa shape index (κ2) is 11.2. The van der Waals surface area contributed by atoms with Gasteiger partial charge in [-0.25, -0.2) is 9.59 Å². The van der Waals surface area contributed by atoms with E-state index in [2.05, 4.69) is 20.8 Å². The quantitative estimate of drug-likeness (QED) is 0.244. The van der Waals surface area contributed by atoms with Crippen molar-refractivity contribution in [2.75, 3.05) is 13.6 Å². The van der Waals surface area contributed by atoms with E-state index in [9.17, 15) is 14.4 Å². The number of ether oxygens (including phenoxy) is 4. The Morgan fingerprint density at radius 2 is 1.80 bits per heavy atom. The number of fused-ring (bicyclic) bond motifs is 4. The first-order valence-electron chi connectivity index (χ1n) is 14.4. The molecule has 1 amide bonds. The molecule has 0 N–H and O–H groups in total. The van der Waals surface area contributed by atoms with Crippen molar-refractivity contribution in [1.29, 1.82) is 0 Å². The second-order valence-electron chi connectivity index (χ2n) is 13.3. The maximum absolute atomic E-state index is 13.1. The molecule has 4 rings (SSSR count). The van der Waals surface area contributed by atoms with Crippen molar-refractivity contribution < 1.29 is 33.3 Å². The Labute approximate surface area is 238 Å². The van der Waals surface area contributed by atoms with Gasteiger partial charge in [0.15, 0.2) is 0 Å². The van der Waals surface area contributed by atoms with Crippen LogP contribution < -0.4 is 0 Å². The molecular formula is C32H45NO7. The summed E-state index contributed by atoms with van der Waals surface area (Å²) in [4.78, 5) is 39.9. The van der Waals surface area contributed by atoms with Crippen LogP contribution in [0, 0.1) is 23.7 Å². The maximum atomic E-state index is 13.1. The van der Waals surface area contributed by atoms with Gasteiger partial charge in [-0.3, -0.25) is 4.79 Å². The van der Waals surface area contributed by atoms with E-state index >= 15 is 0 Å². The van der Waals surface area contributed by atoms with Crippen LogP contribution in [0.5, 0.6) is 0 Å². The number of carbonyl (C=O) groups excluding carboxylic acids is 3. The van der Waals surface area contributed by atoms with Gasteiger partial charge in [-0.1, -0.05) is 51.1 Å². The molecule has 1 unspecified atom stereocenters. The van der Waals surface area contributed by atoms with Gasteiger partial charge in [-0.05, 0) is 69.9 Å². The topological polar surface area (TPSA) is 91.4 Å². The van der Waals surface area contributed by atoms with Crippen LogP contribution in [0.4, 0.5) is 4.79 Å². The monoisotopic (exact) mass is 555 g/mol. The lowest BCUT2D eigenvalue weighted by Gasteiger charge is -2.52. The molecule has 3 fully saturated rings. The van der Waals surface area contributed by atoms with Crippen LogP contribution in [0.25, 0.3) is 6.08 Å². The standard InChI is InChI=1S/C32H45NO7/c1-20(2)32-18-24(37-26(35)19-33(8)29(36)39-30(4,5)6)31(7,40-32)23-16-14-21(3)27(23)28(32)38-25(34)17-15-22-12-10-9-11-13-22/h9-13,15,17,20-21,23-24,27-28H,14,16,18-19H2,1-8H3/t21-,23-,24-,27-,28+,31?,32-/m1/s1. The summed E-state index contributed by atoms with van der Waals surface area (Å²) >= 11 is 0. The average Bonchev–Trinajstić information content (AvgIpc) is 3.38. The van der Waals surface area contributed by atoms with E-state index in [1.54, 1.807) is 26.8 Å². The van der Waals surface area contributed by atoms with Crippen molar-refractivity contribution in [2.45, 2.75) is 96.7 Å². The molecule has 2 aliphatic heterocycles. The third-order valence-corrected chi connectivity index (χ3v) is 8.95.